The largest absolute Gasteiger partial charge is 0.450 e. The van der Waals surface area contributed by atoms with Gasteiger partial charge in [-0.05, 0) is 19.8 Å². The molecule has 1 amide bonds. The number of nitrogens with two attached hydrogens (primary N) is 1. The molecule has 4 heteroatoms. The van der Waals surface area contributed by atoms with Gasteiger partial charge in [-0.25, -0.2) is 4.79 Å². The van der Waals surface area contributed by atoms with Gasteiger partial charge in [0.05, 0.1) is 6.61 Å². The molecule has 0 aromatic carbocycles. The van der Waals surface area contributed by atoms with Gasteiger partial charge in [0.25, 0.3) is 0 Å². The Balaban J connectivity index is 3.20. The maximum atomic E-state index is 10.9. The minimum Gasteiger partial charge on any atom is -0.450 e. The van der Waals surface area contributed by atoms with E-state index in [4.69, 9.17) is 10.5 Å². The highest BCUT2D eigenvalue weighted by atomic mass is 16.5. The molecule has 0 radical (unpaired) electrons. The molecule has 4 nitrogen and oxygen atoms in total. The average Bonchev–Trinajstić information content (AvgIpc) is 2.04. The molecular weight excluding hydrogens is 168 g/mol. The van der Waals surface area contributed by atoms with Gasteiger partial charge in [0, 0.05) is 12.6 Å². The number of nitrogens with one attached hydrogen (secondary N) is 1. The van der Waals surface area contributed by atoms with E-state index >= 15 is 0 Å². The van der Waals surface area contributed by atoms with Crippen LogP contribution in [0.4, 0.5) is 4.79 Å². The van der Waals surface area contributed by atoms with Crippen molar-refractivity contribution in [2.24, 2.45) is 5.73 Å². The summed E-state index contributed by atoms with van der Waals surface area (Å²) in [5, 5.41) is 2.63. The van der Waals surface area contributed by atoms with Crippen molar-refractivity contribution in [1.82, 2.24) is 5.32 Å². The molecule has 0 aliphatic heterocycles. The maximum absolute atomic E-state index is 10.9. The molecule has 0 aromatic rings. The third-order valence-corrected chi connectivity index (χ3v) is 1.60. The fraction of sp³-hybridized carbons (Fsp3) is 0.889. The standard InChI is InChI=1S/C9H20N2O2/c1-3-4-7-13-9(12)11-6-5-8(2)10/h8H,3-7,10H2,1-2H3,(H,11,12). The van der Waals surface area contributed by atoms with Crippen molar-refractivity contribution in [3.05, 3.63) is 0 Å². The molecule has 1 atom stereocenters. The van der Waals surface area contributed by atoms with Crippen molar-refractivity contribution >= 4 is 6.09 Å². The highest BCUT2D eigenvalue weighted by Gasteiger charge is 2.00. The predicted molar refractivity (Wildman–Crippen MR) is 52.5 cm³/mol. The van der Waals surface area contributed by atoms with Crippen molar-refractivity contribution in [3.63, 3.8) is 0 Å². The first-order chi connectivity index (χ1) is 6.16. The van der Waals surface area contributed by atoms with Crippen LogP contribution in [0.3, 0.4) is 0 Å². The SMILES string of the molecule is CCCCOC(=O)NCCC(C)N. The van der Waals surface area contributed by atoms with Gasteiger partial charge in [-0.15, -0.1) is 0 Å². The molecule has 0 fully saturated rings. The van der Waals surface area contributed by atoms with Crippen LogP contribution in [0.1, 0.15) is 33.1 Å². The molecule has 1 unspecified atom stereocenters. The lowest BCUT2D eigenvalue weighted by Gasteiger charge is -2.07. The number of alkyl carbamates (subject to hydrolysis) is 1. The normalized spacial score (nSPS) is 12.2. The van der Waals surface area contributed by atoms with Gasteiger partial charge in [0.2, 0.25) is 0 Å². The zero-order chi connectivity index (χ0) is 10.1. The first-order valence-electron chi connectivity index (χ1n) is 4.83. The minimum absolute atomic E-state index is 0.121. The zero-order valence-corrected chi connectivity index (χ0v) is 8.51. The van der Waals surface area contributed by atoms with E-state index in [1.807, 2.05) is 6.92 Å². The zero-order valence-electron chi connectivity index (χ0n) is 8.51. The van der Waals surface area contributed by atoms with Crippen molar-refractivity contribution < 1.29 is 9.53 Å². The Bertz CT molecular complexity index is 138. The van der Waals surface area contributed by atoms with Crippen molar-refractivity contribution in [1.29, 1.82) is 0 Å². The number of hydrogen-bond acceptors (Lipinski definition) is 3. The molecule has 78 valence electrons. The van der Waals surface area contributed by atoms with Crippen LogP contribution in [0.5, 0.6) is 0 Å². The van der Waals surface area contributed by atoms with Crippen LogP contribution >= 0.6 is 0 Å². The number of carbonyl (C=O) groups is 1. The molecule has 0 bridgehead atoms. The number of rotatable bonds is 6. The van der Waals surface area contributed by atoms with E-state index in [-0.39, 0.29) is 12.1 Å². The Labute approximate surface area is 79.8 Å². The Morgan fingerprint density at radius 3 is 2.85 bits per heavy atom. The summed E-state index contributed by atoms with van der Waals surface area (Å²) in [5.74, 6) is 0. The smallest absolute Gasteiger partial charge is 0.407 e. The fourth-order valence-electron chi connectivity index (χ4n) is 0.762. The van der Waals surface area contributed by atoms with E-state index in [1.165, 1.54) is 0 Å². The molecule has 13 heavy (non-hydrogen) atoms. The van der Waals surface area contributed by atoms with Crippen molar-refractivity contribution in [3.8, 4) is 0 Å². The summed E-state index contributed by atoms with van der Waals surface area (Å²) in [6, 6.07) is 0.121. The second-order valence-corrected chi connectivity index (χ2v) is 3.18. The van der Waals surface area contributed by atoms with E-state index in [1.54, 1.807) is 0 Å². The fourth-order valence-corrected chi connectivity index (χ4v) is 0.762. The van der Waals surface area contributed by atoms with Gasteiger partial charge in [-0.1, -0.05) is 13.3 Å². The molecular formula is C9H20N2O2. The average molecular weight is 188 g/mol. The van der Waals surface area contributed by atoms with E-state index in [0.717, 1.165) is 19.3 Å². The molecule has 0 saturated carbocycles. The van der Waals surface area contributed by atoms with Crippen LogP contribution in [-0.2, 0) is 4.74 Å². The molecule has 0 saturated heterocycles. The number of hydrogen-bond donors (Lipinski definition) is 2. The molecule has 3 N–H and O–H groups in total. The highest BCUT2D eigenvalue weighted by Crippen LogP contribution is 1.89. The second-order valence-electron chi connectivity index (χ2n) is 3.18. The summed E-state index contributed by atoms with van der Waals surface area (Å²) in [6.45, 7) is 5.05. The quantitative estimate of drug-likeness (QED) is 0.616. The van der Waals surface area contributed by atoms with Gasteiger partial charge in [0.1, 0.15) is 0 Å². The third kappa shape index (κ3) is 9.14. The Kier molecular flexibility index (Phi) is 7.39. The molecule has 0 heterocycles. The monoisotopic (exact) mass is 188 g/mol. The van der Waals surface area contributed by atoms with Gasteiger partial charge >= 0.3 is 6.09 Å². The topological polar surface area (TPSA) is 64.3 Å². The van der Waals surface area contributed by atoms with E-state index < -0.39 is 0 Å². The molecule has 0 aliphatic carbocycles. The van der Waals surface area contributed by atoms with Crippen LogP contribution in [0.25, 0.3) is 0 Å². The number of amides is 1. The Morgan fingerprint density at radius 1 is 1.62 bits per heavy atom. The van der Waals surface area contributed by atoms with Crippen LogP contribution < -0.4 is 11.1 Å². The molecule has 0 spiro atoms. The number of ether oxygens (including phenoxy) is 1. The Morgan fingerprint density at radius 2 is 2.31 bits per heavy atom. The summed E-state index contributed by atoms with van der Waals surface area (Å²) in [5.41, 5.74) is 5.51. The van der Waals surface area contributed by atoms with Crippen molar-refractivity contribution in [2.75, 3.05) is 13.2 Å². The number of carbonyl (C=O) groups excluding carboxylic acids is 1. The van der Waals surface area contributed by atoms with Crippen molar-refractivity contribution in [2.45, 2.75) is 39.2 Å². The van der Waals surface area contributed by atoms with Gasteiger partial charge in [0.15, 0.2) is 0 Å². The second kappa shape index (κ2) is 7.86. The lowest BCUT2D eigenvalue weighted by atomic mass is 10.2. The van der Waals surface area contributed by atoms with Crippen LogP contribution in [0.15, 0.2) is 0 Å². The van der Waals surface area contributed by atoms with Gasteiger partial charge in [-0.2, -0.15) is 0 Å². The Hall–Kier alpha value is -0.770. The summed E-state index contributed by atoms with van der Waals surface area (Å²) < 4.78 is 4.87. The van der Waals surface area contributed by atoms with Crippen LogP contribution in [0.2, 0.25) is 0 Å². The molecule has 0 rings (SSSR count). The van der Waals surface area contributed by atoms with E-state index in [9.17, 15) is 4.79 Å². The van der Waals surface area contributed by atoms with Crippen LogP contribution in [-0.4, -0.2) is 25.3 Å². The lowest BCUT2D eigenvalue weighted by molar-refractivity contribution is 0.144. The summed E-state index contributed by atoms with van der Waals surface area (Å²) >= 11 is 0. The van der Waals surface area contributed by atoms with Gasteiger partial charge < -0.3 is 15.8 Å². The summed E-state index contributed by atoms with van der Waals surface area (Å²) in [4.78, 5) is 10.9. The van der Waals surface area contributed by atoms with E-state index in [2.05, 4.69) is 12.2 Å². The molecule has 0 aliphatic rings. The first-order valence-corrected chi connectivity index (χ1v) is 4.83. The summed E-state index contributed by atoms with van der Waals surface area (Å²) in [7, 11) is 0. The van der Waals surface area contributed by atoms with Crippen LogP contribution in [0, 0.1) is 0 Å². The number of unbranched alkanes of at least 4 members (excludes halogenated alkanes) is 1. The van der Waals surface area contributed by atoms with Gasteiger partial charge in [-0.3, -0.25) is 0 Å². The molecule has 0 aromatic heterocycles. The highest BCUT2D eigenvalue weighted by molar-refractivity contribution is 5.66. The predicted octanol–water partition coefficient (Wildman–Crippen LogP) is 1.25. The third-order valence-electron chi connectivity index (χ3n) is 1.60. The first kappa shape index (κ1) is 12.2. The maximum Gasteiger partial charge on any atom is 0.407 e. The van der Waals surface area contributed by atoms with E-state index in [0.29, 0.717) is 13.2 Å². The summed E-state index contributed by atoms with van der Waals surface area (Å²) in [6.07, 6.45) is 2.39. The lowest BCUT2D eigenvalue weighted by Crippen LogP contribution is -2.29. The minimum atomic E-state index is -0.339.